The molecule has 3 N–H and O–H groups in total. The van der Waals surface area contributed by atoms with Gasteiger partial charge in [0.2, 0.25) is 0 Å². The highest BCUT2D eigenvalue weighted by Crippen LogP contribution is 2.14. The van der Waals surface area contributed by atoms with E-state index in [1.54, 1.807) is 11.3 Å². The highest BCUT2D eigenvalue weighted by molar-refractivity contribution is 7.11. The smallest absolute Gasteiger partial charge is 0.251 e. The van der Waals surface area contributed by atoms with E-state index in [4.69, 9.17) is 5.73 Å². The van der Waals surface area contributed by atoms with Crippen LogP contribution in [0.5, 0.6) is 0 Å². The van der Waals surface area contributed by atoms with Crippen LogP contribution in [0.15, 0.2) is 36.4 Å². The minimum absolute atomic E-state index is 0.0367. The summed E-state index contributed by atoms with van der Waals surface area (Å²) in [5.41, 5.74) is 7.34. The van der Waals surface area contributed by atoms with Gasteiger partial charge in [0.05, 0.1) is 6.54 Å². The highest BCUT2D eigenvalue weighted by atomic mass is 32.1. The van der Waals surface area contributed by atoms with Crippen LogP contribution in [-0.2, 0) is 13.0 Å². The maximum Gasteiger partial charge on any atom is 0.251 e. The predicted octanol–water partition coefficient (Wildman–Crippen LogP) is 2.49. The Hall–Kier alpha value is -1.65. The predicted molar refractivity (Wildman–Crippen MR) is 79.4 cm³/mol. The first-order chi connectivity index (χ1) is 9.19. The minimum atomic E-state index is -0.0367. The van der Waals surface area contributed by atoms with Crippen molar-refractivity contribution >= 4 is 17.2 Å². The standard InChI is InChI=1S/C15H18N2OS/c1-11-2-7-14(19-11)10-17-15(18)13-5-3-12(4-6-13)8-9-16/h2-7H,8-10,16H2,1H3,(H,17,18). The second-order valence-corrected chi connectivity index (χ2v) is 5.80. The van der Waals surface area contributed by atoms with Crippen LogP contribution in [0.3, 0.4) is 0 Å². The van der Waals surface area contributed by atoms with Gasteiger partial charge < -0.3 is 11.1 Å². The van der Waals surface area contributed by atoms with Gasteiger partial charge in [0.15, 0.2) is 0 Å². The normalized spacial score (nSPS) is 10.4. The summed E-state index contributed by atoms with van der Waals surface area (Å²) in [6.45, 7) is 3.28. The van der Waals surface area contributed by atoms with E-state index < -0.39 is 0 Å². The summed E-state index contributed by atoms with van der Waals surface area (Å²) in [4.78, 5) is 14.4. The Morgan fingerprint density at radius 2 is 1.95 bits per heavy atom. The lowest BCUT2D eigenvalue weighted by molar-refractivity contribution is 0.0951. The summed E-state index contributed by atoms with van der Waals surface area (Å²) in [5.74, 6) is -0.0367. The lowest BCUT2D eigenvalue weighted by atomic mass is 10.1. The van der Waals surface area contributed by atoms with Crippen LogP contribution < -0.4 is 11.1 Å². The van der Waals surface area contributed by atoms with Gasteiger partial charge in [-0.25, -0.2) is 0 Å². The zero-order valence-electron chi connectivity index (χ0n) is 11.0. The molecule has 0 unspecified atom stereocenters. The molecule has 0 aliphatic rings. The van der Waals surface area contributed by atoms with Crippen molar-refractivity contribution < 1.29 is 4.79 Å². The number of hydrogen-bond donors (Lipinski definition) is 2. The van der Waals surface area contributed by atoms with Crippen molar-refractivity contribution in [3.05, 3.63) is 57.3 Å². The summed E-state index contributed by atoms with van der Waals surface area (Å²) in [6.07, 6.45) is 0.844. The first-order valence-electron chi connectivity index (χ1n) is 6.31. The van der Waals surface area contributed by atoms with E-state index in [1.165, 1.54) is 9.75 Å². The van der Waals surface area contributed by atoms with Gasteiger partial charge in [-0.1, -0.05) is 12.1 Å². The number of carbonyl (C=O) groups is 1. The van der Waals surface area contributed by atoms with Crippen molar-refractivity contribution in [2.75, 3.05) is 6.54 Å². The first-order valence-corrected chi connectivity index (χ1v) is 7.13. The highest BCUT2D eigenvalue weighted by Gasteiger charge is 2.05. The molecule has 19 heavy (non-hydrogen) atoms. The Bertz CT molecular complexity index is 546. The van der Waals surface area contributed by atoms with E-state index in [0.717, 1.165) is 12.0 Å². The first kappa shape index (κ1) is 13.8. The fourth-order valence-electron chi connectivity index (χ4n) is 1.84. The summed E-state index contributed by atoms with van der Waals surface area (Å²) in [7, 11) is 0. The van der Waals surface area contributed by atoms with Gasteiger partial charge in [0.25, 0.3) is 5.91 Å². The molecule has 0 aliphatic heterocycles. The van der Waals surface area contributed by atoms with Crippen molar-refractivity contribution in [2.24, 2.45) is 5.73 Å². The van der Waals surface area contributed by atoms with Crippen molar-refractivity contribution in [1.82, 2.24) is 5.32 Å². The summed E-state index contributed by atoms with van der Waals surface area (Å²) in [6, 6.07) is 11.7. The largest absolute Gasteiger partial charge is 0.347 e. The number of benzene rings is 1. The van der Waals surface area contributed by atoms with Crippen LogP contribution in [0.4, 0.5) is 0 Å². The van der Waals surface area contributed by atoms with E-state index >= 15 is 0 Å². The number of nitrogens with one attached hydrogen (secondary N) is 1. The second-order valence-electron chi connectivity index (χ2n) is 4.43. The van der Waals surface area contributed by atoms with Crippen LogP contribution >= 0.6 is 11.3 Å². The van der Waals surface area contributed by atoms with E-state index in [1.807, 2.05) is 30.3 Å². The Balaban J connectivity index is 1.92. The van der Waals surface area contributed by atoms with E-state index in [2.05, 4.69) is 18.3 Å². The number of carbonyl (C=O) groups excluding carboxylic acids is 1. The molecule has 1 aromatic heterocycles. The second kappa shape index (κ2) is 6.50. The molecule has 2 aromatic rings. The van der Waals surface area contributed by atoms with Crippen molar-refractivity contribution in [2.45, 2.75) is 19.9 Å². The Morgan fingerprint density at radius 3 is 2.53 bits per heavy atom. The van der Waals surface area contributed by atoms with Gasteiger partial charge in [-0.2, -0.15) is 0 Å². The molecule has 1 heterocycles. The number of thiophene rings is 1. The van der Waals surface area contributed by atoms with Gasteiger partial charge in [-0.15, -0.1) is 11.3 Å². The Kier molecular flexibility index (Phi) is 4.71. The molecule has 100 valence electrons. The SMILES string of the molecule is Cc1ccc(CNC(=O)c2ccc(CCN)cc2)s1. The third-order valence-electron chi connectivity index (χ3n) is 2.87. The van der Waals surface area contributed by atoms with Crippen LogP contribution in [0.2, 0.25) is 0 Å². The third kappa shape index (κ3) is 3.91. The quantitative estimate of drug-likeness (QED) is 0.880. The fraction of sp³-hybridized carbons (Fsp3) is 0.267. The Morgan fingerprint density at radius 1 is 1.21 bits per heavy atom. The molecule has 0 saturated carbocycles. The summed E-state index contributed by atoms with van der Waals surface area (Å²) >= 11 is 1.71. The van der Waals surface area contributed by atoms with Crippen LogP contribution in [0, 0.1) is 6.92 Å². The van der Waals surface area contributed by atoms with E-state index in [-0.39, 0.29) is 5.91 Å². The molecule has 3 nitrogen and oxygen atoms in total. The van der Waals surface area contributed by atoms with Gasteiger partial charge in [0.1, 0.15) is 0 Å². The fourth-order valence-corrected chi connectivity index (χ4v) is 2.67. The van der Waals surface area contributed by atoms with Crippen molar-refractivity contribution in [1.29, 1.82) is 0 Å². The molecular formula is C15H18N2OS. The molecule has 0 saturated heterocycles. The monoisotopic (exact) mass is 274 g/mol. The third-order valence-corrected chi connectivity index (χ3v) is 3.87. The summed E-state index contributed by atoms with van der Waals surface area (Å²) < 4.78 is 0. The Labute approximate surface area is 117 Å². The van der Waals surface area contributed by atoms with E-state index in [0.29, 0.717) is 18.7 Å². The molecule has 0 bridgehead atoms. The van der Waals surface area contributed by atoms with Gasteiger partial charge in [-0.05, 0) is 49.7 Å². The molecule has 0 fully saturated rings. The number of nitrogens with two attached hydrogens (primary N) is 1. The van der Waals surface area contributed by atoms with E-state index in [9.17, 15) is 4.79 Å². The van der Waals surface area contributed by atoms with Crippen LogP contribution in [0.1, 0.15) is 25.7 Å². The number of aryl methyl sites for hydroxylation is 1. The molecule has 0 radical (unpaired) electrons. The molecule has 0 aliphatic carbocycles. The number of hydrogen-bond acceptors (Lipinski definition) is 3. The maximum absolute atomic E-state index is 12.0. The van der Waals surface area contributed by atoms with Gasteiger partial charge in [-0.3, -0.25) is 4.79 Å². The van der Waals surface area contributed by atoms with Gasteiger partial charge >= 0.3 is 0 Å². The molecule has 0 spiro atoms. The number of amides is 1. The summed E-state index contributed by atoms with van der Waals surface area (Å²) in [5, 5.41) is 2.93. The number of rotatable bonds is 5. The maximum atomic E-state index is 12.0. The van der Waals surface area contributed by atoms with Crippen LogP contribution in [0.25, 0.3) is 0 Å². The molecule has 1 amide bonds. The molecule has 1 aromatic carbocycles. The van der Waals surface area contributed by atoms with Crippen LogP contribution in [-0.4, -0.2) is 12.5 Å². The average molecular weight is 274 g/mol. The minimum Gasteiger partial charge on any atom is -0.347 e. The van der Waals surface area contributed by atoms with Crippen molar-refractivity contribution in [3.8, 4) is 0 Å². The topological polar surface area (TPSA) is 55.1 Å². The lowest BCUT2D eigenvalue weighted by Crippen LogP contribution is -2.22. The van der Waals surface area contributed by atoms with Crippen molar-refractivity contribution in [3.63, 3.8) is 0 Å². The van der Waals surface area contributed by atoms with Gasteiger partial charge in [0, 0.05) is 15.3 Å². The molecule has 2 rings (SSSR count). The zero-order chi connectivity index (χ0) is 13.7. The molecule has 0 atom stereocenters. The zero-order valence-corrected chi connectivity index (χ0v) is 11.8. The lowest BCUT2D eigenvalue weighted by Gasteiger charge is -2.05. The molecule has 4 heteroatoms. The molecular weight excluding hydrogens is 256 g/mol. The average Bonchev–Trinajstić information content (AvgIpc) is 2.83.